The SMILES string of the molecule is CC(C)(C)OC(=O)NC1CCC(N(C(=O)O)[C@@H]2C[C@H]2c2cnc(-c3cccc(NS(=O)(=O)c4ccccc4C#N)c3)s2)CC1. The van der Waals surface area contributed by atoms with E-state index in [2.05, 4.69) is 15.0 Å². The molecule has 2 saturated carbocycles. The summed E-state index contributed by atoms with van der Waals surface area (Å²) < 4.78 is 33.9. The van der Waals surface area contributed by atoms with Crippen LogP contribution in [0.25, 0.3) is 10.6 Å². The van der Waals surface area contributed by atoms with Gasteiger partial charge in [0.25, 0.3) is 10.0 Å². The summed E-state index contributed by atoms with van der Waals surface area (Å²) in [7, 11) is -3.98. The number of nitrogens with one attached hydrogen (secondary N) is 2. The van der Waals surface area contributed by atoms with Gasteiger partial charge in [-0.05, 0) is 77.1 Å². The van der Waals surface area contributed by atoms with Crippen LogP contribution in [0.1, 0.15) is 69.2 Å². The zero-order valence-corrected chi connectivity index (χ0v) is 26.3. The standard InChI is InChI=1S/C31H35N5O6S2/c1-31(2,3)42-29(37)34-21-11-13-23(14-12-21)36(30(38)39)25-16-24(25)26-18-33-28(43-26)19-8-6-9-22(15-19)35-44(40,41)27-10-5-4-7-20(27)17-32/h4-10,15,18,21,23-25,35H,11-14,16H2,1-3H3,(H,34,37)(H,38,39)/t21?,23?,24-,25-/m1/s1. The minimum Gasteiger partial charge on any atom is -0.465 e. The van der Waals surface area contributed by atoms with Crippen molar-refractivity contribution < 1.29 is 27.9 Å². The third kappa shape index (κ3) is 7.31. The van der Waals surface area contributed by atoms with Crippen LogP contribution in [0.4, 0.5) is 15.3 Å². The van der Waals surface area contributed by atoms with Gasteiger partial charge in [-0.3, -0.25) is 4.72 Å². The molecule has 2 aliphatic carbocycles. The molecule has 0 spiro atoms. The van der Waals surface area contributed by atoms with Crippen LogP contribution >= 0.6 is 11.3 Å². The zero-order chi connectivity index (χ0) is 31.6. The molecular formula is C31H35N5O6S2. The topological polar surface area (TPSA) is 162 Å². The predicted molar refractivity (Wildman–Crippen MR) is 166 cm³/mol. The quantitative estimate of drug-likeness (QED) is 0.265. The summed E-state index contributed by atoms with van der Waals surface area (Å²) in [5.74, 6) is 0.0409. The van der Waals surface area contributed by atoms with E-state index in [1.165, 1.54) is 23.5 Å². The lowest BCUT2D eigenvalue weighted by atomic mass is 9.90. The van der Waals surface area contributed by atoms with Crippen LogP contribution in [0.15, 0.2) is 59.6 Å². The average Bonchev–Trinajstić information content (AvgIpc) is 3.57. The van der Waals surface area contributed by atoms with Crippen molar-refractivity contribution in [1.82, 2.24) is 15.2 Å². The number of aromatic nitrogens is 1. The van der Waals surface area contributed by atoms with Crippen LogP contribution in [0.2, 0.25) is 0 Å². The Balaban J connectivity index is 1.22. The number of alkyl carbamates (subject to hydrolysis) is 1. The predicted octanol–water partition coefficient (Wildman–Crippen LogP) is 6.15. The van der Waals surface area contributed by atoms with E-state index in [1.54, 1.807) is 41.4 Å². The maximum Gasteiger partial charge on any atom is 0.407 e. The monoisotopic (exact) mass is 637 g/mol. The number of rotatable bonds is 8. The highest BCUT2D eigenvalue weighted by Gasteiger charge is 2.49. The number of nitriles is 1. The highest BCUT2D eigenvalue weighted by atomic mass is 32.2. The Kier molecular flexibility index (Phi) is 8.85. The summed E-state index contributed by atoms with van der Waals surface area (Å²) in [6.45, 7) is 5.44. The summed E-state index contributed by atoms with van der Waals surface area (Å²) in [5.41, 5.74) is 0.536. The molecule has 0 bridgehead atoms. The molecule has 13 heteroatoms. The number of thiazole rings is 1. The highest BCUT2D eigenvalue weighted by Crippen LogP contribution is 2.49. The first-order valence-corrected chi connectivity index (χ1v) is 16.7. The van der Waals surface area contributed by atoms with Gasteiger partial charge in [-0.1, -0.05) is 24.3 Å². The first-order chi connectivity index (χ1) is 20.8. The van der Waals surface area contributed by atoms with Gasteiger partial charge in [0.1, 0.15) is 21.6 Å². The number of carboxylic acid groups (broad SMARTS) is 1. The molecule has 5 rings (SSSR count). The highest BCUT2D eigenvalue weighted by molar-refractivity contribution is 7.92. The van der Waals surface area contributed by atoms with E-state index in [9.17, 15) is 28.4 Å². The third-order valence-electron chi connectivity index (χ3n) is 7.69. The number of anilines is 1. The number of sulfonamides is 1. The van der Waals surface area contributed by atoms with Gasteiger partial charge in [0.15, 0.2) is 0 Å². The van der Waals surface area contributed by atoms with Crippen LogP contribution in [0, 0.1) is 11.3 Å². The van der Waals surface area contributed by atoms with Crippen LogP contribution < -0.4 is 10.0 Å². The van der Waals surface area contributed by atoms with Crippen LogP contribution in [0.3, 0.4) is 0 Å². The van der Waals surface area contributed by atoms with Crippen molar-refractivity contribution in [2.75, 3.05) is 4.72 Å². The molecule has 232 valence electrons. The van der Waals surface area contributed by atoms with Crippen molar-refractivity contribution in [3.8, 4) is 16.6 Å². The molecule has 0 unspecified atom stereocenters. The Morgan fingerprint density at radius 1 is 1.11 bits per heavy atom. The van der Waals surface area contributed by atoms with Gasteiger partial charge in [0.05, 0.1) is 5.56 Å². The zero-order valence-electron chi connectivity index (χ0n) is 24.7. The first-order valence-electron chi connectivity index (χ1n) is 14.4. The number of amides is 2. The fourth-order valence-corrected chi connectivity index (χ4v) is 7.94. The molecule has 3 N–H and O–H groups in total. The van der Waals surface area contributed by atoms with Gasteiger partial charge in [-0.2, -0.15) is 5.26 Å². The smallest absolute Gasteiger partial charge is 0.407 e. The maximum atomic E-state index is 13.0. The molecule has 1 aromatic heterocycles. The largest absolute Gasteiger partial charge is 0.465 e. The summed E-state index contributed by atoms with van der Waals surface area (Å²) in [5, 5.41) is 23.0. The van der Waals surface area contributed by atoms with Crippen molar-refractivity contribution in [1.29, 1.82) is 5.26 Å². The fraction of sp³-hybridized carbons (Fsp3) is 0.419. The number of hydrogen-bond donors (Lipinski definition) is 3. The molecule has 1 heterocycles. The van der Waals surface area contributed by atoms with Gasteiger partial charge < -0.3 is 20.1 Å². The molecule has 0 aliphatic heterocycles. The second-order valence-electron chi connectivity index (χ2n) is 12.1. The Hall–Kier alpha value is -4.15. The Morgan fingerprint density at radius 2 is 1.84 bits per heavy atom. The second kappa shape index (κ2) is 12.5. The fourth-order valence-electron chi connectivity index (χ4n) is 5.65. The van der Waals surface area contributed by atoms with Crippen LogP contribution in [-0.4, -0.2) is 59.3 Å². The average molecular weight is 638 g/mol. The Bertz CT molecular complexity index is 1690. The van der Waals surface area contributed by atoms with Crippen LogP contribution in [0.5, 0.6) is 0 Å². The van der Waals surface area contributed by atoms with E-state index in [0.717, 1.165) is 10.4 Å². The maximum absolute atomic E-state index is 13.0. The second-order valence-corrected chi connectivity index (χ2v) is 14.8. The van der Waals surface area contributed by atoms with Crippen LogP contribution in [-0.2, 0) is 14.8 Å². The number of nitrogens with zero attached hydrogens (tertiary/aromatic N) is 3. The van der Waals surface area contributed by atoms with Crippen molar-refractivity contribution >= 4 is 39.2 Å². The molecule has 2 aromatic carbocycles. The summed E-state index contributed by atoms with van der Waals surface area (Å²) in [6.07, 6.45) is 3.76. The minimum atomic E-state index is -3.98. The molecule has 2 atom stereocenters. The number of benzene rings is 2. The van der Waals surface area contributed by atoms with Gasteiger partial charge in [0.2, 0.25) is 0 Å². The van der Waals surface area contributed by atoms with E-state index in [1.807, 2.05) is 32.9 Å². The summed E-state index contributed by atoms with van der Waals surface area (Å²) >= 11 is 1.46. The normalized spacial score (nSPS) is 21.5. The molecule has 2 fully saturated rings. The van der Waals surface area contributed by atoms with Gasteiger partial charge >= 0.3 is 12.2 Å². The van der Waals surface area contributed by atoms with Gasteiger partial charge in [-0.15, -0.1) is 11.3 Å². The first kappa shape index (κ1) is 31.3. The summed E-state index contributed by atoms with van der Waals surface area (Å²) in [4.78, 5) is 31.5. The van der Waals surface area contributed by atoms with Crippen molar-refractivity contribution in [3.05, 3.63) is 65.2 Å². The third-order valence-corrected chi connectivity index (χ3v) is 10.3. The van der Waals surface area contributed by atoms with Crippen molar-refractivity contribution in [2.24, 2.45) is 0 Å². The Morgan fingerprint density at radius 3 is 2.52 bits per heavy atom. The lowest BCUT2D eigenvalue weighted by Gasteiger charge is -2.36. The molecule has 0 radical (unpaired) electrons. The van der Waals surface area contributed by atoms with E-state index < -0.39 is 27.8 Å². The number of ether oxygens (including phenoxy) is 1. The molecule has 44 heavy (non-hydrogen) atoms. The van der Waals surface area contributed by atoms with Gasteiger partial charge in [0, 0.05) is 46.4 Å². The lowest BCUT2D eigenvalue weighted by Crippen LogP contribution is -2.47. The molecule has 3 aromatic rings. The number of carbonyl (C=O) groups is 2. The van der Waals surface area contributed by atoms with Crippen molar-refractivity contribution in [2.45, 2.75) is 87.4 Å². The van der Waals surface area contributed by atoms with Crippen molar-refractivity contribution in [3.63, 3.8) is 0 Å². The Labute approximate surface area is 260 Å². The lowest BCUT2D eigenvalue weighted by molar-refractivity contribution is 0.0471. The van der Waals surface area contributed by atoms with E-state index >= 15 is 0 Å². The molecule has 11 nitrogen and oxygen atoms in total. The number of hydrogen-bond acceptors (Lipinski definition) is 8. The molecular weight excluding hydrogens is 603 g/mol. The molecule has 2 amide bonds. The minimum absolute atomic E-state index is 0.0409. The molecule has 2 aliphatic rings. The van der Waals surface area contributed by atoms with E-state index in [4.69, 9.17) is 4.74 Å². The van der Waals surface area contributed by atoms with E-state index in [-0.39, 0.29) is 34.5 Å². The summed E-state index contributed by atoms with van der Waals surface area (Å²) in [6, 6.07) is 14.5. The molecule has 0 saturated heterocycles. The number of carbonyl (C=O) groups excluding carboxylic acids is 1. The van der Waals surface area contributed by atoms with E-state index in [0.29, 0.717) is 42.8 Å². The van der Waals surface area contributed by atoms with Gasteiger partial charge in [-0.25, -0.2) is 23.0 Å².